The van der Waals surface area contributed by atoms with Gasteiger partial charge >= 0.3 is 6.18 Å². The summed E-state index contributed by atoms with van der Waals surface area (Å²) in [6, 6.07) is 8.61. The van der Waals surface area contributed by atoms with Crippen LogP contribution in [0.15, 0.2) is 30.3 Å². The highest BCUT2D eigenvalue weighted by molar-refractivity contribution is 7.17. The predicted molar refractivity (Wildman–Crippen MR) is 111 cm³/mol. The van der Waals surface area contributed by atoms with Crippen molar-refractivity contribution in [2.75, 3.05) is 37.7 Å². The molecule has 1 aromatic heterocycles. The van der Waals surface area contributed by atoms with Crippen LogP contribution in [0.4, 0.5) is 18.9 Å². The third kappa shape index (κ3) is 4.00. The fraction of sp³-hybridized carbons (Fsp3) is 0.429. The monoisotopic (exact) mass is 469 g/mol. The molecule has 2 aliphatic rings. The topological polar surface area (TPSA) is 67.6 Å². The van der Waals surface area contributed by atoms with Crippen molar-refractivity contribution in [2.45, 2.75) is 12.6 Å². The summed E-state index contributed by atoms with van der Waals surface area (Å²) in [5.41, 5.74) is -1.65. The minimum absolute atomic E-state index is 0.0402. The first-order valence-corrected chi connectivity index (χ1v) is 10.9. The zero-order valence-electron chi connectivity index (χ0n) is 16.3. The SMILES string of the molecule is N#Cc1ccc(N2C[C@@H]3CCN(C(=O)c4ccc(Cl)s4)C[C@]3(CO)C2)cc1C(F)(F)F. The smallest absolute Gasteiger partial charge is 0.396 e. The van der Waals surface area contributed by atoms with Gasteiger partial charge in [0.15, 0.2) is 0 Å². The van der Waals surface area contributed by atoms with Crippen molar-refractivity contribution in [2.24, 2.45) is 11.3 Å². The highest BCUT2D eigenvalue weighted by Gasteiger charge is 2.50. The summed E-state index contributed by atoms with van der Waals surface area (Å²) in [5.74, 6) is -0.113. The molecule has 0 saturated carbocycles. The van der Waals surface area contributed by atoms with Gasteiger partial charge in [0.1, 0.15) is 0 Å². The summed E-state index contributed by atoms with van der Waals surface area (Å²) in [6.45, 7) is 1.46. The van der Waals surface area contributed by atoms with Gasteiger partial charge in [0.2, 0.25) is 0 Å². The van der Waals surface area contributed by atoms with E-state index in [1.165, 1.54) is 23.5 Å². The van der Waals surface area contributed by atoms with Crippen LogP contribution in [0.5, 0.6) is 0 Å². The molecule has 10 heteroatoms. The minimum Gasteiger partial charge on any atom is -0.396 e. The number of carbonyl (C=O) groups excluding carboxylic acids is 1. The lowest BCUT2D eigenvalue weighted by atomic mass is 9.74. The summed E-state index contributed by atoms with van der Waals surface area (Å²) in [4.78, 5) is 16.9. The number of thiophene rings is 1. The quantitative estimate of drug-likeness (QED) is 0.729. The van der Waals surface area contributed by atoms with Crippen LogP contribution < -0.4 is 4.90 Å². The number of anilines is 1. The molecule has 5 nitrogen and oxygen atoms in total. The number of alkyl halides is 3. The third-order valence-electron chi connectivity index (χ3n) is 6.25. The Morgan fingerprint density at radius 3 is 2.71 bits per heavy atom. The first kappa shape index (κ1) is 21.9. The second-order valence-corrected chi connectivity index (χ2v) is 9.77. The van der Waals surface area contributed by atoms with Gasteiger partial charge < -0.3 is 14.9 Å². The summed E-state index contributed by atoms with van der Waals surface area (Å²) in [6.07, 6.45) is -3.99. The number of nitriles is 1. The number of aliphatic hydroxyl groups excluding tert-OH is 1. The van der Waals surface area contributed by atoms with Gasteiger partial charge in [-0.05, 0) is 42.7 Å². The highest BCUT2D eigenvalue weighted by atomic mass is 35.5. The number of rotatable bonds is 3. The Kier molecular flexibility index (Phi) is 5.66. The molecule has 0 unspecified atom stereocenters. The van der Waals surface area contributed by atoms with Crippen LogP contribution in [-0.4, -0.2) is 48.7 Å². The lowest BCUT2D eigenvalue weighted by Gasteiger charge is -2.42. The normalized spacial score (nSPS) is 23.5. The Morgan fingerprint density at radius 2 is 2.10 bits per heavy atom. The molecule has 2 aromatic rings. The maximum atomic E-state index is 13.4. The molecule has 1 aromatic carbocycles. The molecule has 0 bridgehead atoms. The standard InChI is InChI=1S/C21H19ClF3N3O2S/c22-18-4-3-17(31-18)19(30)27-6-5-14-9-28(11-20(14,10-27)12-29)15-2-1-13(8-26)16(7-15)21(23,24)25/h1-4,7,14,29H,5-6,9-12H2/t14-,20+/m0/s1. The number of aliphatic hydroxyl groups is 1. The van der Waals surface area contributed by atoms with E-state index in [4.69, 9.17) is 16.9 Å². The van der Waals surface area contributed by atoms with Crippen LogP contribution in [-0.2, 0) is 6.18 Å². The maximum absolute atomic E-state index is 13.4. The van der Waals surface area contributed by atoms with E-state index in [9.17, 15) is 23.1 Å². The summed E-state index contributed by atoms with van der Waals surface area (Å²) >= 11 is 7.14. The van der Waals surface area contributed by atoms with Crippen LogP contribution in [0.2, 0.25) is 4.34 Å². The highest BCUT2D eigenvalue weighted by Crippen LogP contribution is 2.45. The van der Waals surface area contributed by atoms with E-state index >= 15 is 0 Å². The Labute approximate surface area is 186 Å². The molecule has 4 rings (SSSR count). The number of likely N-dealkylation sites (tertiary alicyclic amines) is 1. The lowest BCUT2D eigenvalue weighted by Crippen LogP contribution is -2.52. The van der Waals surface area contributed by atoms with E-state index in [0.717, 1.165) is 6.07 Å². The van der Waals surface area contributed by atoms with Crippen molar-refractivity contribution in [3.63, 3.8) is 0 Å². The Morgan fingerprint density at radius 1 is 1.32 bits per heavy atom. The number of nitrogens with zero attached hydrogens (tertiary/aromatic N) is 3. The van der Waals surface area contributed by atoms with Gasteiger partial charge in [-0.1, -0.05) is 11.6 Å². The Bertz CT molecular complexity index is 1050. The molecule has 1 N–H and O–H groups in total. The van der Waals surface area contributed by atoms with E-state index in [1.54, 1.807) is 23.1 Å². The van der Waals surface area contributed by atoms with Gasteiger partial charge in [0.05, 0.1) is 33.0 Å². The molecule has 2 fully saturated rings. The maximum Gasteiger partial charge on any atom is 0.417 e. The minimum atomic E-state index is -4.63. The molecule has 0 spiro atoms. The summed E-state index contributed by atoms with van der Waals surface area (Å²) < 4.78 is 40.7. The number of piperidine rings is 1. The van der Waals surface area contributed by atoms with Gasteiger partial charge in [0.25, 0.3) is 5.91 Å². The van der Waals surface area contributed by atoms with Crippen LogP contribution in [0.1, 0.15) is 27.2 Å². The van der Waals surface area contributed by atoms with Crippen molar-refractivity contribution in [3.05, 3.63) is 50.7 Å². The molecule has 2 atom stereocenters. The molecular formula is C21H19ClF3N3O2S. The average molecular weight is 470 g/mol. The molecule has 2 saturated heterocycles. The molecular weight excluding hydrogens is 451 g/mol. The number of benzene rings is 1. The number of hydrogen-bond donors (Lipinski definition) is 1. The molecule has 0 radical (unpaired) electrons. The van der Waals surface area contributed by atoms with Crippen molar-refractivity contribution < 1.29 is 23.1 Å². The molecule has 31 heavy (non-hydrogen) atoms. The van der Waals surface area contributed by atoms with E-state index < -0.39 is 22.7 Å². The number of amides is 1. The molecule has 2 aliphatic heterocycles. The van der Waals surface area contributed by atoms with E-state index in [2.05, 4.69) is 0 Å². The van der Waals surface area contributed by atoms with Crippen LogP contribution in [0.25, 0.3) is 0 Å². The van der Waals surface area contributed by atoms with Crippen LogP contribution in [0, 0.1) is 22.7 Å². The van der Waals surface area contributed by atoms with E-state index in [-0.39, 0.29) is 18.4 Å². The Balaban J connectivity index is 1.58. The lowest BCUT2D eigenvalue weighted by molar-refractivity contribution is -0.137. The van der Waals surface area contributed by atoms with Crippen molar-refractivity contribution in [1.82, 2.24) is 4.90 Å². The van der Waals surface area contributed by atoms with Crippen LogP contribution in [0.3, 0.4) is 0 Å². The molecule has 1 amide bonds. The van der Waals surface area contributed by atoms with Crippen molar-refractivity contribution in [3.8, 4) is 6.07 Å². The predicted octanol–water partition coefficient (Wildman–Crippen LogP) is 4.25. The zero-order valence-corrected chi connectivity index (χ0v) is 17.9. The fourth-order valence-corrected chi connectivity index (χ4v) is 5.64. The average Bonchev–Trinajstić information content (AvgIpc) is 3.35. The first-order chi connectivity index (χ1) is 14.7. The van der Waals surface area contributed by atoms with Gasteiger partial charge in [-0.3, -0.25) is 4.79 Å². The third-order valence-corrected chi connectivity index (χ3v) is 7.47. The van der Waals surface area contributed by atoms with E-state index in [1.807, 2.05) is 4.90 Å². The van der Waals surface area contributed by atoms with Gasteiger partial charge in [-0.25, -0.2) is 0 Å². The van der Waals surface area contributed by atoms with Gasteiger partial charge in [0, 0.05) is 37.3 Å². The molecule has 164 valence electrons. The number of hydrogen-bond acceptors (Lipinski definition) is 5. The van der Waals surface area contributed by atoms with Crippen molar-refractivity contribution >= 4 is 34.5 Å². The van der Waals surface area contributed by atoms with Gasteiger partial charge in [-0.2, -0.15) is 18.4 Å². The van der Waals surface area contributed by atoms with E-state index in [0.29, 0.717) is 47.5 Å². The zero-order chi connectivity index (χ0) is 22.4. The molecule has 3 heterocycles. The second kappa shape index (κ2) is 8.01. The number of halogens is 4. The summed E-state index contributed by atoms with van der Waals surface area (Å²) in [7, 11) is 0. The second-order valence-electron chi connectivity index (χ2n) is 8.06. The molecule has 0 aliphatic carbocycles. The largest absolute Gasteiger partial charge is 0.417 e. The number of fused-ring (bicyclic) bond motifs is 1. The van der Waals surface area contributed by atoms with Crippen LogP contribution >= 0.6 is 22.9 Å². The Hall–Kier alpha value is -2.28. The fourth-order valence-electron chi connectivity index (χ4n) is 4.63. The van der Waals surface area contributed by atoms with Crippen molar-refractivity contribution in [1.29, 1.82) is 5.26 Å². The van der Waals surface area contributed by atoms with Gasteiger partial charge in [-0.15, -0.1) is 11.3 Å². The summed E-state index contributed by atoms with van der Waals surface area (Å²) in [5, 5.41) is 19.3. The number of carbonyl (C=O) groups is 1. The first-order valence-electron chi connectivity index (χ1n) is 9.68.